The molecule has 0 spiro atoms. The van der Waals surface area contributed by atoms with E-state index >= 15 is 0 Å². The molecule has 8 bridgehead atoms. The van der Waals surface area contributed by atoms with Crippen LogP contribution in [0.4, 0.5) is 0 Å². The summed E-state index contributed by atoms with van der Waals surface area (Å²) in [5, 5.41) is 9.29. The molecule has 0 radical (unpaired) electrons. The number of fused-ring (bicyclic) bond motifs is 6. The average molecular weight is 453 g/mol. The summed E-state index contributed by atoms with van der Waals surface area (Å²) < 4.78 is 5.58. The van der Waals surface area contributed by atoms with Gasteiger partial charge in [-0.05, 0) is 88.4 Å². The largest absolute Gasteiger partial charge is 0.373 e. The van der Waals surface area contributed by atoms with Crippen LogP contribution >= 0.6 is 0 Å². The number of aromatic nitrogens is 3. The number of carbonyl (C=O) groups is 1. The Morgan fingerprint density at radius 3 is 2.47 bits per heavy atom. The highest BCUT2D eigenvalue weighted by Gasteiger charge is 2.52. The molecule has 1 saturated heterocycles. The van der Waals surface area contributed by atoms with Crippen molar-refractivity contribution in [2.45, 2.75) is 38.8 Å². The Labute approximate surface area is 196 Å². The van der Waals surface area contributed by atoms with Gasteiger partial charge in [0.25, 0.3) is 5.89 Å². The lowest BCUT2D eigenvalue weighted by Gasteiger charge is -2.22. The molecule has 4 aliphatic rings. The summed E-state index contributed by atoms with van der Waals surface area (Å²) in [6, 6.07) is 3.99. The van der Waals surface area contributed by atoms with Gasteiger partial charge in [-0.2, -0.15) is 4.98 Å². The minimum absolute atomic E-state index is 0.0484. The van der Waals surface area contributed by atoms with Crippen molar-refractivity contribution in [2.24, 2.45) is 15.4 Å². The zero-order valence-corrected chi connectivity index (χ0v) is 19.4. The predicted octanol–water partition coefficient (Wildman–Crippen LogP) is 1.92. The van der Waals surface area contributed by atoms with Crippen LogP contribution in [-0.4, -0.2) is 37.9 Å². The Morgan fingerprint density at radius 1 is 0.971 bits per heavy atom. The topological polar surface area (TPSA) is 109 Å². The summed E-state index contributed by atoms with van der Waals surface area (Å²) in [4.78, 5) is 31.2. The molecule has 8 heteroatoms. The summed E-state index contributed by atoms with van der Waals surface area (Å²) in [5.41, 5.74) is 0.306. The van der Waals surface area contributed by atoms with E-state index in [1.54, 1.807) is 6.92 Å². The molecule has 4 aliphatic heterocycles. The number of rotatable bonds is 1. The molecule has 170 valence electrons. The molecule has 2 unspecified atom stereocenters. The average Bonchev–Trinajstić information content (AvgIpc) is 3.58. The molecule has 8 nitrogen and oxygen atoms in total. The van der Waals surface area contributed by atoms with Crippen LogP contribution in [0.2, 0.25) is 0 Å². The fraction of sp³-hybridized carbons (Fsp3) is 0.269. The summed E-state index contributed by atoms with van der Waals surface area (Å²) in [6.07, 6.45) is 15.5. The van der Waals surface area contributed by atoms with Gasteiger partial charge in [-0.15, -0.1) is 0 Å². The van der Waals surface area contributed by atoms with Gasteiger partial charge in [0.2, 0.25) is 0 Å². The van der Waals surface area contributed by atoms with Gasteiger partial charge >= 0.3 is 0 Å². The fourth-order valence-electron chi connectivity index (χ4n) is 4.87. The van der Waals surface area contributed by atoms with Crippen LogP contribution in [0.25, 0.3) is 12.2 Å². The molecule has 0 aliphatic carbocycles. The van der Waals surface area contributed by atoms with Gasteiger partial charge in [0, 0.05) is 16.4 Å². The number of aliphatic imine (C=N–C) groups is 2. The number of H-pyrrole nitrogens is 1. The Balaban J connectivity index is 1.63. The lowest BCUT2D eigenvalue weighted by Crippen LogP contribution is -2.41. The molecular formula is C26H24N6O2. The molecule has 1 fully saturated rings. The number of hydrogen-bond donors (Lipinski definition) is 2. The van der Waals surface area contributed by atoms with Gasteiger partial charge in [0.1, 0.15) is 5.54 Å². The quantitative estimate of drug-likeness (QED) is 0.687. The Hall–Kier alpha value is -4.07. The summed E-state index contributed by atoms with van der Waals surface area (Å²) in [7, 11) is 0. The third-order valence-electron chi connectivity index (χ3n) is 6.62. The van der Waals surface area contributed by atoms with E-state index in [1.807, 2.05) is 81.5 Å². The van der Waals surface area contributed by atoms with Crippen LogP contribution in [0.3, 0.4) is 0 Å². The van der Waals surface area contributed by atoms with Crippen LogP contribution < -0.4 is 16.0 Å². The van der Waals surface area contributed by atoms with Gasteiger partial charge in [-0.1, -0.05) is 5.16 Å². The number of nitrogens with one attached hydrogen (secondary N) is 2. The maximum Gasteiger partial charge on any atom is 0.262 e. The minimum atomic E-state index is -1.03. The number of nitrogens with zero attached hydrogens (tertiary/aromatic N) is 4. The molecule has 34 heavy (non-hydrogen) atoms. The van der Waals surface area contributed by atoms with E-state index in [0.29, 0.717) is 11.7 Å². The zero-order valence-electron chi connectivity index (χ0n) is 19.4. The van der Waals surface area contributed by atoms with E-state index in [4.69, 9.17) is 14.5 Å². The molecule has 2 N–H and O–H groups in total. The van der Waals surface area contributed by atoms with Crippen molar-refractivity contribution < 1.29 is 9.32 Å². The second-order valence-corrected chi connectivity index (χ2v) is 9.78. The highest BCUT2D eigenvalue weighted by molar-refractivity contribution is 6.20. The lowest BCUT2D eigenvalue weighted by atomic mass is 9.80. The molecule has 2 aromatic heterocycles. The zero-order chi connectivity index (χ0) is 23.7. The number of aromatic amines is 1. The monoisotopic (exact) mass is 452 g/mol. The highest BCUT2D eigenvalue weighted by Crippen LogP contribution is 2.43. The number of Topliss-reactive ketones (excluding diaryl/α,β-unsaturated/α-hetero) is 1. The van der Waals surface area contributed by atoms with Gasteiger partial charge in [-0.3, -0.25) is 9.79 Å². The molecular weight excluding hydrogens is 428 g/mol. The van der Waals surface area contributed by atoms with E-state index < -0.39 is 16.5 Å². The van der Waals surface area contributed by atoms with Gasteiger partial charge in [-0.25, -0.2) is 4.99 Å². The van der Waals surface area contributed by atoms with E-state index in [1.165, 1.54) is 0 Å². The van der Waals surface area contributed by atoms with Crippen LogP contribution in [0, 0.1) is 12.3 Å². The first-order valence-electron chi connectivity index (χ1n) is 11.2. The molecule has 2 aromatic rings. The van der Waals surface area contributed by atoms with Crippen LogP contribution in [0.1, 0.15) is 32.5 Å². The number of hydrogen-bond acceptors (Lipinski definition) is 7. The molecule has 2 atom stereocenters. The second-order valence-electron chi connectivity index (χ2n) is 9.78. The van der Waals surface area contributed by atoms with Crippen molar-refractivity contribution in [2.75, 3.05) is 0 Å². The number of carbonyl (C=O) groups excluding carboxylic acids is 1. The third-order valence-corrected chi connectivity index (χ3v) is 6.62. The molecule has 6 heterocycles. The van der Waals surface area contributed by atoms with Gasteiger partial charge < -0.3 is 14.8 Å². The third kappa shape index (κ3) is 3.09. The van der Waals surface area contributed by atoms with Crippen molar-refractivity contribution in [3.05, 3.63) is 82.4 Å². The summed E-state index contributed by atoms with van der Waals surface area (Å²) >= 11 is 0. The van der Waals surface area contributed by atoms with E-state index in [0.717, 1.165) is 33.5 Å². The van der Waals surface area contributed by atoms with Crippen molar-refractivity contribution in [3.63, 3.8) is 0 Å². The first kappa shape index (κ1) is 20.5. The van der Waals surface area contributed by atoms with E-state index in [2.05, 4.69) is 20.4 Å². The maximum absolute atomic E-state index is 13.6. The first-order chi connectivity index (χ1) is 16.2. The first-order valence-corrected chi connectivity index (χ1v) is 11.2. The maximum atomic E-state index is 13.6. The van der Waals surface area contributed by atoms with Crippen LogP contribution in [0.5, 0.6) is 0 Å². The lowest BCUT2D eigenvalue weighted by molar-refractivity contribution is -0.126. The van der Waals surface area contributed by atoms with Gasteiger partial charge in [0.15, 0.2) is 17.1 Å². The normalized spacial score (nSPS) is 28.5. The van der Waals surface area contributed by atoms with E-state index in [-0.39, 0.29) is 5.78 Å². The number of allylic oxidation sites excluding steroid dienone is 4. The fourth-order valence-corrected chi connectivity index (χ4v) is 4.87. The minimum Gasteiger partial charge on any atom is -0.373 e. The smallest absolute Gasteiger partial charge is 0.262 e. The molecule has 6 rings (SSSR count). The summed E-state index contributed by atoms with van der Waals surface area (Å²) in [5.74, 6) is 0.919. The molecule has 0 aromatic carbocycles. The summed E-state index contributed by atoms with van der Waals surface area (Å²) in [6.45, 7) is 7.49. The Morgan fingerprint density at radius 2 is 1.74 bits per heavy atom. The standard InChI is InChI=1S/C26H24N6O2/c1-15-27-23(34-32-15)26-10-9-19(30-26)12-18-6-5-16(28-18)11-17-7-8-20(29-17)13-25(4)22(33)24(2,3)21(14-26)31-25/h5-14,28,31H,1-4H3. The highest BCUT2D eigenvalue weighted by atomic mass is 16.5. The Kier molecular flexibility index (Phi) is 4.06. The van der Waals surface area contributed by atoms with Crippen molar-refractivity contribution in [1.29, 1.82) is 0 Å². The Bertz CT molecular complexity index is 1560. The molecule has 0 amide bonds. The van der Waals surface area contributed by atoms with Crippen molar-refractivity contribution >= 4 is 29.4 Å². The predicted molar refractivity (Wildman–Crippen MR) is 129 cm³/mol. The number of ketones is 1. The second kappa shape index (κ2) is 6.72. The molecule has 0 saturated carbocycles. The van der Waals surface area contributed by atoms with Gasteiger partial charge in [0.05, 0.1) is 22.5 Å². The number of aryl methyl sites for hydroxylation is 1. The van der Waals surface area contributed by atoms with Crippen molar-refractivity contribution in [1.82, 2.24) is 20.4 Å². The van der Waals surface area contributed by atoms with Crippen molar-refractivity contribution in [3.8, 4) is 0 Å². The van der Waals surface area contributed by atoms with E-state index in [9.17, 15) is 4.79 Å². The van der Waals surface area contributed by atoms with Crippen LogP contribution in [0.15, 0.2) is 74.5 Å². The van der Waals surface area contributed by atoms with Crippen LogP contribution in [-0.2, 0) is 10.3 Å². The SMILES string of the molecule is Cc1noc(C23C=CC(=N2)C=c2ccc([nH]2)=CC2=NC(=CC4(C)NC(=C3)C(C)(C)C4=O)C=C2)n1.